The van der Waals surface area contributed by atoms with Crippen LogP contribution in [0.2, 0.25) is 0 Å². The smallest absolute Gasteiger partial charge is 0.257 e. The molecule has 2 atom stereocenters. The van der Waals surface area contributed by atoms with Crippen molar-refractivity contribution in [3.8, 4) is 5.75 Å². The van der Waals surface area contributed by atoms with Gasteiger partial charge in [0.25, 0.3) is 5.91 Å². The topological polar surface area (TPSA) is 50.8 Å². The highest BCUT2D eigenvalue weighted by atomic mass is 16.5. The fraction of sp³-hybridized carbons (Fsp3) is 0.350. The number of amides is 1. The highest BCUT2D eigenvalue weighted by Gasteiger charge is 2.35. The molecule has 0 spiro atoms. The number of anilines is 1. The number of fused-ring (bicyclic) bond motifs is 1. The molecule has 2 heterocycles. The first-order valence-electron chi connectivity index (χ1n) is 8.68. The summed E-state index contributed by atoms with van der Waals surface area (Å²) in [6.07, 6.45) is 1.92. The molecule has 0 aromatic heterocycles. The number of carbonyl (C=O) groups excluding carboxylic acids is 1. The SMILES string of the molecule is COc1cccc(C2Nc3ccccc3C(=O)N2CC2CCCO2)c1. The van der Waals surface area contributed by atoms with E-state index >= 15 is 0 Å². The third-order valence-electron chi connectivity index (χ3n) is 4.86. The normalized spacial score (nSPS) is 22.4. The van der Waals surface area contributed by atoms with Gasteiger partial charge in [-0.1, -0.05) is 24.3 Å². The van der Waals surface area contributed by atoms with Crippen LogP contribution in [0, 0.1) is 0 Å². The van der Waals surface area contributed by atoms with Gasteiger partial charge in [-0.25, -0.2) is 0 Å². The van der Waals surface area contributed by atoms with Crippen LogP contribution in [0.5, 0.6) is 5.75 Å². The zero-order valence-corrected chi connectivity index (χ0v) is 14.3. The van der Waals surface area contributed by atoms with E-state index in [0.29, 0.717) is 12.1 Å². The fourth-order valence-electron chi connectivity index (χ4n) is 3.56. The predicted molar refractivity (Wildman–Crippen MR) is 95.8 cm³/mol. The molecular weight excluding hydrogens is 316 g/mol. The molecule has 4 rings (SSSR count). The maximum Gasteiger partial charge on any atom is 0.257 e. The highest BCUT2D eigenvalue weighted by Crippen LogP contribution is 2.34. The second kappa shape index (κ2) is 6.76. The molecular formula is C20H22N2O3. The highest BCUT2D eigenvalue weighted by molar-refractivity contribution is 6.01. The summed E-state index contributed by atoms with van der Waals surface area (Å²) in [6, 6.07) is 15.5. The van der Waals surface area contributed by atoms with Gasteiger partial charge in [-0.15, -0.1) is 0 Å². The van der Waals surface area contributed by atoms with E-state index in [0.717, 1.165) is 36.4 Å². The monoisotopic (exact) mass is 338 g/mol. The molecule has 2 aromatic carbocycles. The summed E-state index contributed by atoms with van der Waals surface area (Å²) in [5.74, 6) is 0.820. The van der Waals surface area contributed by atoms with Crippen LogP contribution in [0.4, 0.5) is 5.69 Å². The number of hydrogen-bond donors (Lipinski definition) is 1. The number of nitrogens with zero attached hydrogens (tertiary/aromatic N) is 1. The van der Waals surface area contributed by atoms with Crippen LogP contribution in [0.15, 0.2) is 48.5 Å². The maximum absolute atomic E-state index is 13.1. The van der Waals surface area contributed by atoms with E-state index in [1.807, 2.05) is 53.4 Å². The largest absolute Gasteiger partial charge is 0.497 e. The van der Waals surface area contributed by atoms with Crippen molar-refractivity contribution in [3.63, 3.8) is 0 Å². The van der Waals surface area contributed by atoms with Crippen LogP contribution in [-0.2, 0) is 4.74 Å². The Balaban J connectivity index is 1.71. The van der Waals surface area contributed by atoms with Crippen molar-refractivity contribution in [3.05, 3.63) is 59.7 Å². The van der Waals surface area contributed by atoms with Crippen LogP contribution in [-0.4, -0.2) is 37.2 Å². The van der Waals surface area contributed by atoms with Gasteiger partial charge in [0.2, 0.25) is 0 Å². The van der Waals surface area contributed by atoms with Crippen LogP contribution in [0.25, 0.3) is 0 Å². The first kappa shape index (κ1) is 16.0. The lowest BCUT2D eigenvalue weighted by atomic mass is 10.0. The summed E-state index contributed by atoms with van der Waals surface area (Å²) in [5.41, 5.74) is 2.57. The van der Waals surface area contributed by atoms with E-state index in [2.05, 4.69) is 5.32 Å². The number of nitrogens with one attached hydrogen (secondary N) is 1. The summed E-state index contributed by atoms with van der Waals surface area (Å²) < 4.78 is 11.1. The molecule has 1 N–H and O–H groups in total. The van der Waals surface area contributed by atoms with E-state index in [1.54, 1.807) is 7.11 Å². The molecule has 0 saturated carbocycles. The molecule has 2 aromatic rings. The van der Waals surface area contributed by atoms with Gasteiger partial charge in [-0.05, 0) is 42.7 Å². The van der Waals surface area contributed by atoms with Crippen molar-refractivity contribution in [2.75, 3.05) is 25.6 Å². The first-order valence-corrected chi connectivity index (χ1v) is 8.68. The van der Waals surface area contributed by atoms with Crippen LogP contribution in [0.1, 0.15) is 34.9 Å². The van der Waals surface area contributed by atoms with Crippen molar-refractivity contribution in [2.24, 2.45) is 0 Å². The average molecular weight is 338 g/mol. The Bertz CT molecular complexity index is 771. The number of methoxy groups -OCH3 is 1. The van der Waals surface area contributed by atoms with Crippen molar-refractivity contribution in [1.82, 2.24) is 4.90 Å². The Morgan fingerprint density at radius 1 is 1.24 bits per heavy atom. The standard InChI is InChI=1S/C20H22N2O3/c1-24-15-7-4-6-14(12-15)19-21-18-10-3-2-9-17(18)20(23)22(19)13-16-8-5-11-25-16/h2-4,6-7,9-10,12,16,19,21H,5,8,11,13H2,1H3. The Kier molecular flexibility index (Phi) is 4.32. The van der Waals surface area contributed by atoms with E-state index < -0.39 is 0 Å². The van der Waals surface area contributed by atoms with Crippen LogP contribution < -0.4 is 10.1 Å². The third-order valence-corrected chi connectivity index (χ3v) is 4.86. The zero-order valence-electron chi connectivity index (χ0n) is 14.3. The van der Waals surface area contributed by atoms with Crippen molar-refractivity contribution >= 4 is 11.6 Å². The average Bonchev–Trinajstić information content (AvgIpc) is 3.17. The van der Waals surface area contributed by atoms with E-state index in [1.165, 1.54) is 0 Å². The number of benzene rings is 2. The lowest BCUT2D eigenvalue weighted by Crippen LogP contribution is -2.46. The molecule has 5 heteroatoms. The van der Waals surface area contributed by atoms with Gasteiger partial charge in [0, 0.05) is 18.8 Å². The Morgan fingerprint density at radius 3 is 2.92 bits per heavy atom. The Morgan fingerprint density at radius 2 is 2.12 bits per heavy atom. The van der Waals surface area contributed by atoms with E-state index in [-0.39, 0.29) is 18.2 Å². The van der Waals surface area contributed by atoms with Gasteiger partial charge < -0.3 is 19.7 Å². The summed E-state index contributed by atoms with van der Waals surface area (Å²) in [4.78, 5) is 15.0. The number of rotatable bonds is 4. The minimum absolute atomic E-state index is 0.0395. The maximum atomic E-state index is 13.1. The molecule has 0 radical (unpaired) electrons. The molecule has 5 nitrogen and oxygen atoms in total. The molecule has 1 amide bonds. The van der Waals surface area contributed by atoms with E-state index in [9.17, 15) is 4.79 Å². The quantitative estimate of drug-likeness (QED) is 0.928. The Labute approximate surface area is 147 Å². The molecule has 2 aliphatic rings. The third kappa shape index (κ3) is 3.07. The molecule has 1 saturated heterocycles. The van der Waals surface area contributed by atoms with Crippen LogP contribution >= 0.6 is 0 Å². The summed E-state index contributed by atoms with van der Waals surface area (Å²) in [7, 11) is 1.65. The summed E-state index contributed by atoms with van der Waals surface area (Å²) >= 11 is 0. The summed E-state index contributed by atoms with van der Waals surface area (Å²) in [5, 5.41) is 3.51. The van der Waals surface area contributed by atoms with Gasteiger partial charge in [0.1, 0.15) is 11.9 Å². The molecule has 2 aliphatic heterocycles. The molecule has 130 valence electrons. The number of hydrogen-bond acceptors (Lipinski definition) is 4. The van der Waals surface area contributed by atoms with Gasteiger partial charge in [0.15, 0.2) is 0 Å². The molecule has 2 unspecified atom stereocenters. The zero-order chi connectivity index (χ0) is 17.2. The second-order valence-corrected chi connectivity index (χ2v) is 6.46. The van der Waals surface area contributed by atoms with Crippen molar-refractivity contribution < 1.29 is 14.3 Å². The minimum atomic E-state index is -0.235. The minimum Gasteiger partial charge on any atom is -0.497 e. The predicted octanol–water partition coefficient (Wildman–Crippen LogP) is 3.44. The lowest BCUT2D eigenvalue weighted by Gasteiger charge is -2.39. The fourth-order valence-corrected chi connectivity index (χ4v) is 3.56. The first-order chi connectivity index (χ1) is 12.3. The van der Waals surface area contributed by atoms with Gasteiger partial charge in [-0.3, -0.25) is 4.79 Å². The van der Waals surface area contributed by atoms with Crippen molar-refractivity contribution in [1.29, 1.82) is 0 Å². The number of para-hydroxylation sites is 1. The van der Waals surface area contributed by atoms with Gasteiger partial charge in [0.05, 0.1) is 18.8 Å². The van der Waals surface area contributed by atoms with E-state index in [4.69, 9.17) is 9.47 Å². The van der Waals surface area contributed by atoms with Crippen molar-refractivity contribution in [2.45, 2.75) is 25.1 Å². The number of ether oxygens (including phenoxy) is 2. The Hall–Kier alpha value is -2.53. The van der Waals surface area contributed by atoms with Crippen LogP contribution in [0.3, 0.4) is 0 Å². The lowest BCUT2D eigenvalue weighted by molar-refractivity contribution is 0.0427. The molecule has 25 heavy (non-hydrogen) atoms. The molecule has 1 fully saturated rings. The number of carbonyl (C=O) groups is 1. The molecule has 0 aliphatic carbocycles. The molecule has 0 bridgehead atoms. The second-order valence-electron chi connectivity index (χ2n) is 6.46. The van der Waals surface area contributed by atoms with Gasteiger partial charge in [-0.2, -0.15) is 0 Å². The summed E-state index contributed by atoms with van der Waals surface area (Å²) in [6.45, 7) is 1.36. The van der Waals surface area contributed by atoms with Gasteiger partial charge >= 0.3 is 0 Å².